The molecule has 1 aromatic carbocycles. The third-order valence-corrected chi connectivity index (χ3v) is 3.54. The van der Waals surface area contributed by atoms with Crippen molar-refractivity contribution in [1.82, 2.24) is 20.6 Å². The topological polar surface area (TPSA) is 88.2 Å². The fraction of sp³-hybridized carbons (Fsp3) is 0.312. The quantitative estimate of drug-likeness (QED) is 0.731. The minimum absolute atomic E-state index is 0.0205. The normalized spacial score (nSPS) is 15.9. The van der Waals surface area contributed by atoms with Gasteiger partial charge in [0, 0.05) is 37.5 Å². The molecular weight excluding hydrogens is 294 g/mol. The smallest absolute Gasteiger partial charge is 0.315 e. The van der Waals surface area contributed by atoms with Crippen LogP contribution in [0.5, 0.6) is 5.75 Å². The number of fused-ring (bicyclic) bond motifs is 1. The van der Waals surface area contributed by atoms with Gasteiger partial charge in [0.25, 0.3) is 0 Å². The second kappa shape index (κ2) is 7.44. The fourth-order valence-electron chi connectivity index (χ4n) is 2.46. The lowest BCUT2D eigenvalue weighted by Crippen LogP contribution is -2.41. The van der Waals surface area contributed by atoms with E-state index in [1.807, 2.05) is 24.3 Å². The maximum Gasteiger partial charge on any atom is 0.315 e. The van der Waals surface area contributed by atoms with Crippen LogP contribution in [-0.2, 0) is 0 Å². The van der Waals surface area contributed by atoms with E-state index in [4.69, 9.17) is 4.74 Å². The van der Waals surface area contributed by atoms with Crippen LogP contribution in [-0.4, -0.2) is 35.7 Å². The zero-order chi connectivity index (χ0) is 15.9. The molecule has 120 valence electrons. The molecule has 0 fully saturated rings. The van der Waals surface area contributed by atoms with Crippen molar-refractivity contribution in [3.05, 3.63) is 48.4 Å². The van der Waals surface area contributed by atoms with E-state index < -0.39 is 0 Å². The van der Waals surface area contributed by atoms with Gasteiger partial charge in [0.05, 0.1) is 18.8 Å². The first-order chi connectivity index (χ1) is 11.3. The number of nitrogens with one attached hydrogen (secondary N) is 3. The Labute approximate surface area is 134 Å². The molecule has 3 N–H and O–H groups in total. The van der Waals surface area contributed by atoms with Crippen LogP contribution in [0.15, 0.2) is 42.9 Å². The Balaban J connectivity index is 1.43. The summed E-state index contributed by atoms with van der Waals surface area (Å²) in [5.74, 6) is 1.53. The van der Waals surface area contributed by atoms with Crippen molar-refractivity contribution >= 4 is 11.8 Å². The predicted molar refractivity (Wildman–Crippen MR) is 86.4 cm³/mol. The van der Waals surface area contributed by atoms with Crippen molar-refractivity contribution in [3.8, 4) is 5.75 Å². The van der Waals surface area contributed by atoms with Crippen LogP contribution in [0, 0.1) is 0 Å². The number of rotatable bonds is 5. The number of hydrogen-bond acceptors (Lipinski definition) is 5. The van der Waals surface area contributed by atoms with Crippen molar-refractivity contribution in [3.63, 3.8) is 0 Å². The molecule has 2 aromatic rings. The second-order valence-corrected chi connectivity index (χ2v) is 5.15. The molecule has 7 nitrogen and oxygen atoms in total. The first-order valence-corrected chi connectivity index (χ1v) is 7.59. The summed E-state index contributed by atoms with van der Waals surface area (Å²) in [6.45, 7) is 1.68. The molecule has 1 aromatic heterocycles. The predicted octanol–water partition coefficient (Wildman–Crippen LogP) is 1.71. The van der Waals surface area contributed by atoms with E-state index >= 15 is 0 Å². The van der Waals surface area contributed by atoms with Gasteiger partial charge in [0.15, 0.2) is 0 Å². The molecule has 0 bridgehead atoms. The number of amides is 2. The van der Waals surface area contributed by atoms with Gasteiger partial charge in [-0.15, -0.1) is 0 Å². The molecule has 3 rings (SSSR count). The largest absolute Gasteiger partial charge is 0.493 e. The van der Waals surface area contributed by atoms with Gasteiger partial charge in [0.2, 0.25) is 0 Å². The van der Waals surface area contributed by atoms with Gasteiger partial charge >= 0.3 is 6.03 Å². The van der Waals surface area contributed by atoms with Gasteiger partial charge in [-0.25, -0.2) is 9.78 Å². The molecule has 0 radical (unpaired) electrons. The van der Waals surface area contributed by atoms with E-state index in [1.165, 1.54) is 0 Å². The summed E-state index contributed by atoms with van der Waals surface area (Å²) in [6, 6.07) is 7.58. The second-order valence-electron chi connectivity index (χ2n) is 5.15. The van der Waals surface area contributed by atoms with Gasteiger partial charge in [0.1, 0.15) is 11.6 Å². The number of urea groups is 1. The first kappa shape index (κ1) is 15.1. The third-order valence-electron chi connectivity index (χ3n) is 3.54. The molecule has 0 saturated carbocycles. The van der Waals surface area contributed by atoms with E-state index in [2.05, 4.69) is 25.9 Å². The molecule has 1 aliphatic rings. The number of aromatic nitrogens is 2. The summed E-state index contributed by atoms with van der Waals surface area (Å²) >= 11 is 0. The van der Waals surface area contributed by atoms with Crippen LogP contribution >= 0.6 is 0 Å². The van der Waals surface area contributed by atoms with Crippen LogP contribution in [0.2, 0.25) is 0 Å². The Hall–Kier alpha value is -2.83. The number of carbonyl (C=O) groups is 1. The number of anilines is 1. The summed E-state index contributed by atoms with van der Waals surface area (Å²) in [6.07, 6.45) is 5.63. The Kier molecular flexibility index (Phi) is 4.88. The molecular formula is C16H19N5O2. The molecule has 23 heavy (non-hydrogen) atoms. The number of hydrogen-bond donors (Lipinski definition) is 3. The highest BCUT2D eigenvalue weighted by molar-refractivity contribution is 5.74. The van der Waals surface area contributed by atoms with Gasteiger partial charge < -0.3 is 20.7 Å². The number of ether oxygens (including phenoxy) is 1. The highest BCUT2D eigenvalue weighted by atomic mass is 16.5. The van der Waals surface area contributed by atoms with Gasteiger partial charge in [-0.3, -0.25) is 4.98 Å². The number of para-hydroxylation sites is 1. The maximum absolute atomic E-state index is 12.0. The molecule has 0 aliphatic carbocycles. The van der Waals surface area contributed by atoms with Gasteiger partial charge in [-0.1, -0.05) is 18.2 Å². The summed E-state index contributed by atoms with van der Waals surface area (Å²) in [7, 11) is 0. The lowest BCUT2D eigenvalue weighted by Gasteiger charge is -2.26. The lowest BCUT2D eigenvalue weighted by molar-refractivity contribution is 0.223. The summed E-state index contributed by atoms with van der Waals surface area (Å²) in [5, 5.41) is 8.90. The number of benzene rings is 1. The number of nitrogens with zero attached hydrogens (tertiary/aromatic N) is 2. The van der Waals surface area contributed by atoms with Gasteiger partial charge in [-0.05, 0) is 6.07 Å². The van der Waals surface area contributed by atoms with Gasteiger partial charge in [-0.2, -0.15) is 0 Å². The van der Waals surface area contributed by atoms with Crippen LogP contribution in [0.3, 0.4) is 0 Å². The Bertz CT molecular complexity index is 650. The lowest BCUT2D eigenvalue weighted by atomic mass is 10.0. The van der Waals surface area contributed by atoms with E-state index in [-0.39, 0.29) is 12.1 Å². The summed E-state index contributed by atoms with van der Waals surface area (Å²) < 4.78 is 5.59. The highest BCUT2D eigenvalue weighted by Crippen LogP contribution is 2.31. The summed E-state index contributed by atoms with van der Waals surface area (Å²) in [4.78, 5) is 20.1. The average molecular weight is 313 g/mol. The van der Waals surface area contributed by atoms with E-state index in [9.17, 15) is 4.79 Å². The molecule has 7 heteroatoms. The first-order valence-electron chi connectivity index (χ1n) is 7.59. The molecule has 2 heterocycles. The molecule has 0 spiro atoms. The van der Waals surface area contributed by atoms with Crippen LogP contribution in [0.25, 0.3) is 0 Å². The Morgan fingerprint density at radius 3 is 3.04 bits per heavy atom. The van der Waals surface area contributed by atoms with E-state index in [0.717, 1.165) is 17.7 Å². The van der Waals surface area contributed by atoms with Crippen LogP contribution in [0.4, 0.5) is 10.6 Å². The molecule has 1 aliphatic heterocycles. The standard InChI is InChI=1S/C16H19N5O2/c22-16(20-9-8-19-15-11-17-6-7-18-15)21-13-5-10-23-14-4-2-1-3-12(13)14/h1-4,6-7,11,13H,5,8-10H2,(H,18,19)(H2,20,21,22)/t13-/m0/s1. The maximum atomic E-state index is 12.0. The average Bonchev–Trinajstić information content (AvgIpc) is 2.60. The van der Waals surface area contributed by atoms with E-state index in [1.54, 1.807) is 18.6 Å². The highest BCUT2D eigenvalue weighted by Gasteiger charge is 2.22. The van der Waals surface area contributed by atoms with Crippen molar-refractivity contribution in [1.29, 1.82) is 0 Å². The zero-order valence-electron chi connectivity index (χ0n) is 12.7. The van der Waals surface area contributed by atoms with Crippen molar-refractivity contribution in [2.75, 3.05) is 25.0 Å². The van der Waals surface area contributed by atoms with Crippen LogP contribution in [0.1, 0.15) is 18.0 Å². The van der Waals surface area contributed by atoms with Crippen molar-refractivity contribution in [2.45, 2.75) is 12.5 Å². The summed E-state index contributed by atoms with van der Waals surface area (Å²) in [5.41, 5.74) is 1.02. The molecule has 1 atom stereocenters. The van der Waals surface area contributed by atoms with E-state index in [0.29, 0.717) is 25.5 Å². The molecule has 0 unspecified atom stereocenters. The Morgan fingerprint density at radius 1 is 1.26 bits per heavy atom. The monoisotopic (exact) mass is 313 g/mol. The van der Waals surface area contributed by atoms with Crippen LogP contribution < -0.4 is 20.7 Å². The third kappa shape index (κ3) is 4.09. The molecule has 2 amide bonds. The zero-order valence-corrected chi connectivity index (χ0v) is 12.7. The SMILES string of the molecule is O=C(NCCNc1cnccn1)N[C@H]1CCOc2ccccc21. The Morgan fingerprint density at radius 2 is 2.17 bits per heavy atom. The van der Waals surface area contributed by atoms with Crippen molar-refractivity contribution < 1.29 is 9.53 Å². The minimum atomic E-state index is -0.187. The fourth-order valence-corrected chi connectivity index (χ4v) is 2.46. The number of carbonyl (C=O) groups excluding carboxylic acids is 1. The van der Waals surface area contributed by atoms with Crippen molar-refractivity contribution in [2.24, 2.45) is 0 Å². The molecule has 0 saturated heterocycles. The minimum Gasteiger partial charge on any atom is -0.493 e.